The first-order valence-electron chi connectivity index (χ1n) is 7.95. The molecule has 2 rings (SSSR count). The highest BCUT2D eigenvalue weighted by Gasteiger charge is 2.23. The van der Waals surface area contributed by atoms with E-state index in [1.807, 2.05) is 0 Å². The lowest BCUT2D eigenvalue weighted by molar-refractivity contribution is 0.196. The van der Waals surface area contributed by atoms with Crippen LogP contribution in [0.15, 0.2) is 0 Å². The first-order valence-corrected chi connectivity index (χ1v) is 7.95. The molecule has 3 heteroatoms. The summed E-state index contributed by atoms with van der Waals surface area (Å²) in [5.74, 6) is 0. The van der Waals surface area contributed by atoms with E-state index in [2.05, 4.69) is 29.1 Å². The fourth-order valence-electron chi connectivity index (χ4n) is 3.58. The molecule has 0 radical (unpaired) electrons. The van der Waals surface area contributed by atoms with Gasteiger partial charge in [-0.2, -0.15) is 0 Å². The third-order valence-electron chi connectivity index (χ3n) is 4.68. The molecule has 0 aliphatic carbocycles. The Hall–Kier alpha value is -0.120. The number of hydrogen-bond donors (Lipinski definition) is 1. The van der Waals surface area contributed by atoms with E-state index in [0.717, 1.165) is 12.1 Å². The van der Waals surface area contributed by atoms with Gasteiger partial charge in [-0.05, 0) is 71.8 Å². The highest BCUT2D eigenvalue weighted by molar-refractivity contribution is 4.81. The number of likely N-dealkylation sites (N-methyl/N-ethyl adjacent to an activating group) is 2. The summed E-state index contributed by atoms with van der Waals surface area (Å²) in [6.45, 7) is 8.63. The summed E-state index contributed by atoms with van der Waals surface area (Å²) in [4.78, 5) is 5.20. The molecule has 0 aromatic carbocycles. The minimum absolute atomic E-state index is 0.817. The minimum atomic E-state index is 0.817. The fourth-order valence-corrected chi connectivity index (χ4v) is 3.58. The highest BCUT2D eigenvalue weighted by Crippen LogP contribution is 2.17. The zero-order chi connectivity index (χ0) is 12.8. The molecule has 0 saturated carbocycles. The van der Waals surface area contributed by atoms with Gasteiger partial charge in [-0.1, -0.05) is 6.92 Å². The molecule has 106 valence electrons. The van der Waals surface area contributed by atoms with Gasteiger partial charge in [0, 0.05) is 18.6 Å². The Labute approximate surface area is 113 Å². The molecule has 2 fully saturated rings. The summed E-state index contributed by atoms with van der Waals surface area (Å²) in [5.41, 5.74) is 0. The number of rotatable bonds is 7. The van der Waals surface area contributed by atoms with E-state index in [-0.39, 0.29) is 0 Å². The lowest BCUT2D eigenvalue weighted by atomic mass is 10.1. The Bertz CT molecular complexity index is 226. The molecular weight excluding hydrogens is 222 g/mol. The van der Waals surface area contributed by atoms with Crippen molar-refractivity contribution in [3.05, 3.63) is 0 Å². The Morgan fingerprint density at radius 1 is 1.28 bits per heavy atom. The first-order chi connectivity index (χ1) is 8.79. The van der Waals surface area contributed by atoms with Crippen molar-refractivity contribution in [1.82, 2.24) is 15.1 Å². The van der Waals surface area contributed by atoms with Gasteiger partial charge in [-0.3, -0.25) is 4.90 Å². The summed E-state index contributed by atoms with van der Waals surface area (Å²) in [6.07, 6.45) is 8.31. The van der Waals surface area contributed by atoms with Gasteiger partial charge in [0.15, 0.2) is 0 Å². The summed E-state index contributed by atoms with van der Waals surface area (Å²) < 4.78 is 0. The van der Waals surface area contributed by atoms with Crippen molar-refractivity contribution >= 4 is 0 Å². The number of likely N-dealkylation sites (tertiary alicyclic amines) is 1. The average molecular weight is 253 g/mol. The summed E-state index contributed by atoms with van der Waals surface area (Å²) in [5, 5.41) is 3.59. The SMILES string of the molecule is CCN1CCCC1CN(C)CCCC1CCCN1. The molecule has 3 nitrogen and oxygen atoms in total. The smallest absolute Gasteiger partial charge is 0.0223 e. The molecular formula is C15H31N3. The van der Waals surface area contributed by atoms with Gasteiger partial charge < -0.3 is 10.2 Å². The van der Waals surface area contributed by atoms with Gasteiger partial charge >= 0.3 is 0 Å². The lowest BCUT2D eigenvalue weighted by Crippen LogP contribution is -2.39. The molecule has 0 aromatic rings. The van der Waals surface area contributed by atoms with Crippen LogP contribution in [0.1, 0.15) is 45.4 Å². The van der Waals surface area contributed by atoms with Gasteiger partial charge in [0.05, 0.1) is 0 Å². The van der Waals surface area contributed by atoms with E-state index in [4.69, 9.17) is 0 Å². The van der Waals surface area contributed by atoms with E-state index in [0.29, 0.717) is 0 Å². The third kappa shape index (κ3) is 4.22. The zero-order valence-corrected chi connectivity index (χ0v) is 12.3. The molecule has 2 aliphatic heterocycles. The van der Waals surface area contributed by atoms with E-state index >= 15 is 0 Å². The Kier molecular flexibility index (Phi) is 5.93. The second kappa shape index (κ2) is 7.46. The van der Waals surface area contributed by atoms with Gasteiger partial charge in [0.25, 0.3) is 0 Å². The van der Waals surface area contributed by atoms with Crippen molar-refractivity contribution in [1.29, 1.82) is 0 Å². The van der Waals surface area contributed by atoms with Gasteiger partial charge in [-0.15, -0.1) is 0 Å². The normalized spacial score (nSPS) is 29.5. The summed E-state index contributed by atoms with van der Waals surface area (Å²) in [6, 6.07) is 1.64. The molecule has 2 heterocycles. The molecule has 0 amide bonds. The largest absolute Gasteiger partial charge is 0.314 e. The Balaban J connectivity index is 1.57. The van der Waals surface area contributed by atoms with Crippen molar-refractivity contribution in [2.75, 3.05) is 39.8 Å². The zero-order valence-electron chi connectivity index (χ0n) is 12.3. The standard InChI is InChI=1S/C15H31N3/c1-3-18-12-6-9-15(18)13-17(2)11-5-8-14-7-4-10-16-14/h14-16H,3-13H2,1-2H3. The maximum absolute atomic E-state index is 3.59. The number of nitrogens with one attached hydrogen (secondary N) is 1. The predicted octanol–water partition coefficient (Wildman–Crippen LogP) is 1.93. The topological polar surface area (TPSA) is 18.5 Å². The van der Waals surface area contributed by atoms with Crippen molar-refractivity contribution in [3.63, 3.8) is 0 Å². The number of hydrogen-bond acceptors (Lipinski definition) is 3. The minimum Gasteiger partial charge on any atom is -0.314 e. The van der Waals surface area contributed by atoms with E-state index in [1.54, 1.807) is 0 Å². The fraction of sp³-hybridized carbons (Fsp3) is 1.00. The summed E-state index contributed by atoms with van der Waals surface area (Å²) in [7, 11) is 2.30. The molecule has 0 bridgehead atoms. The Morgan fingerprint density at radius 2 is 2.17 bits per heavy atom. The maximum atomic E-state index is 3.59. The third-order valence-corrected chi connectivity index (χ3v) is 4.68. The van der Waals surface area contributed by atoms with Crippen LogP contribution in [-0.2, 0) is 0 Å². The van der Waals surface area contributed by atoms with Gasteiger partial charge in [0.1, 0.15) is 0 Å². The molecule has 2 unspecified atom stereocenters. The quantitative estimate of drug-likeness (QED) is 0.748. The van der Waals surface area contributed by atoms with Crippen LogP contribution in [-0.4, -0.2) is 61.7 Å². The van der Waals surface area contributed by atoms with E-state index < -0.39 is 0 Å². The number of nitrogens with zero attached hydrogens (tertiary/aromatic N) is 2. The van der Waals surface area contributed by atoms with Crippen molar-refractivity contribution in [2.24, 2.45) is 0 Å². The van der Waals surface area contributed by atoms with Crippen molar-refractivity contribution in [2.45, 2.75) is 57.5 Å². The van der Waals surface area contributed by atoms with Crippen LogP contribution in [0.5, 0.6) is 0 Å². The van der Waals surface area contributed by atoms with Crippen LogP contribution >= 0.6 is 0 Å². The second-order valence-corrected chi connectivity index (χ2v) is 6.12. The van der Waals surface area contributed by atoms with Crippen LogP contribution < -0.4 is 5.32 Å². The predicted molar refractivity (Wildman–Crippen MR) is 78.0 cm³/mol. The monoisotopic (exact) mass is 253 g/mol. The average Bonchev–Trinajstić information content (AvgIpc) is 3.00. The van der Waals surface area contributed by atoms with Crippen LogP contribution in [0.25, 0.3) is 0 Å². The molecule has 0 aromatic heterocycles. The van der Waals surface area contributed by atoms with E-state index in [1.165, 1.54) is 71.2 Å². The molecule has 18 heavy (non-hydrogen) atoms. The first kappa shape index (κ1) is 14.3. The van der Waals surface area contributed by atoms with E-state index in [9.17, 15) is 0 Å². The lowest BCUT2D eigenvalue weighted by Gasteiger charge is -2.27. The van der Waals surface area contributed by atoms with Gasteiger partial charge in [-0.25, -0.2) is 0 Å². The Morgan fingerprint density at radius 3 is 2.89 bits per heavy atom. The van der Waals surface area contributed by atoms with Crippen LogP contribution in [0.2, 0.25) is 0 Å². The molecule has 1 N–H and O–H groups in total. The molecule has 2 aliphatic rings. The molecule has 2 atom stereocenters. The van der Waals surface area contributed by atoms with Crippen molar-refractivity contribution < 1.29 is 0 Å². The van der Waals surface area contributed by atoms with Crippen LogP contribution in [0, 0.1) is 0 Å². The summed E-state index contributed by atoms with van der Waals surface area (Å²) >= 11 is 0. The highest BCUT2D eigenvalue weighted by atomic mass is 15.2. The van der Waals surface area contributed by atoms with Crippen LogP contribution in [0.4, 0.5) is 0 Å². The van der Waals surface area contributed by atoms with Crippen LogP contribution in [0.3, 0.4) is 0 Å². The maximum Gasteiger partial charge on any atom is 0.0223 e. The molecule has 0 spiro atoms. The second-order valence-electron chi connectivity index (χ2n) is 6.12. The van der Waals surface area contributed by atoms with Gasteiger partial charge in [0.2, 0.25) is 0 Å². The molecule has 2 saturated heterocycles. The van der Waals surface area contributed by atoms with Crippen molar-refractivity contribution in [3.8, 4) is 0 Å².